The molecule has 0 aromatic rings. The van der Waals surface area contributed by atoms with Crippen LogP contribution in [0.5, 0.6) is 0 Å². The van der Waals surface area contributed by atoms with Gasteiger partial charge in [-0.2, -0.15) is 0 Å². The summed E-state index contributed by atoms with van der Waals surface area (Å²) in [5.74, 6) is 0.685. The maximum Gasteiger partial charge on any atom is 0.0670 e. The number of likely N-dealkylation sites (tertiary alicyclic amines) is 1. The van der Waals surface area contributed by atoms with Crippen LogP contribution in [0.2, 0.25) is 0 Å². The van der Waals surface area contributed by atoms with Gasteiger partial charge in [-0.25, -0.2) is 0 Å². The van der Waals surface area contributed by atoms with E-state index < -0.39 is 0 Å². The lowest BCUT2D eigenvalue weighted by molar-refractivity contribution is 0.0233. The number of hydrogen-bond acceptors (Lipinski definition) is 2. The average Bonchev–Trinajstić information content (AvgIpc) is 2.53. The molecule has 0 bridgehead atoms. The van der Waals surface area contributed by atoms with E-state index in [-0.39, 0.29) is 6.10 Å². The van der Waals surface area contributed by atoms with E-state index in [1.165, 1.54) is 32.2 Å². The molecule has 2 heteroatoms. The number of hydrogen-bond donors (Lipinski definition) is 1. The molecule has 0 amide bonds. The predicted octanol–water partition coefficient (Wildman–Crippen LogP) is 1.63. The van der Waals surface area contributed by atoms with E-state index >= 15 is 0 Å². The van der Waals surface area contributed by atoms with Crippen molar-refractivity contribution in [2.45, 2.75) is 51.2 Å². The fraction of sp³-hybridized carbons (Fsp3) is 1.00. The van der Waals surface area contributed by atoms with Crippen LogP contribution in [0.3, 0.4) is 0 Å². The number of β-amino-alcohol motifs (C(OH)–C–C–N with tert-alkyl or cyclic N) is 1. The molecule has 2 nitrogen and oxygen atoms in total. The molecule has 2 atom stereocenters. The fourth-order valence-corrected chi connectivity index (χ4v) is 2.93. The predicted molar refractivity (Wildman–Crippen MR) is 53.6 cm³/mol. The minimum absolute atomic E-state index is 0.0654. The van der Waals surface area contributed by atoms with Crippen molar-refractivity contribution in [3.63, 3.8) is 0 Å². The quantitative estimate of drug-likeness (QED) is 0.668. The molecule has 1 aliphatic carbocycles. The first-order valence-electron chi connectivity index (χ1n) is 5.68. The van der Waals surface area contributed by atoms with Gasteiger partial charge in [0.1, 0.15) is 0 Å². The van der Waals surface area contributed by atoms with Gasteiger partial charge in [0, 0.05) is 19.1 Å². The van der Waals surface area contributed by atoms with Crippen molar-refractivity contribution < 1.29 is 5.11 Å². The molecule has 1 N–H and O–H groups in total. The first kappa shape index (κ1) is 9.47. The van der Waals surface area contributed by atoms with Crippen LogP contribution in [0.4, 0.5) is 0 Å². The van der Waals surface area contributed by atoms with Gasteiger partial charge in [0.2, 0.25) is 0 Å². The van der Waals surface area contributed by atoms with Gasteiger partial charge in [-0.05, 0) is 25.2 Å². The van der Waals surface area contributed by atoms with Gasteiger partial charge in [0.15, 0.2) is 0 Å². The summed E-state index contributed by atoms with van der Waals surface area (Å²) in [6, 6.07) is 0.789. The third-order valence-electron chi connectivity index (χ3n) is 3.51. The first-order chi connectivity index (χ1) is 6.25. The summed E-state index contributed by atoms with van der Waals surface area (Å²) in [4.78, 5) is 2.52. The zero-order valence-electron chi connectivity index (χ0n) is 8.58. The molecule has 1 heterocycles. The Morgan fingerprint density at radius 2 is 1.85 bits per heavy atom. The van der Waals surface area contributed by atoms with Gasteiger partial charge in [0.05, 0.1) is 6.10 Å². The molecular weight excluding hydrogens is 162 g/mol. The van der Waals surface area contributed by atoms with Crippen LogP contribution in [0.25, 0.3) is 0 Å². The van der Waals surface area contributed by atoms with Gasteiger partial charge in [-0.1, -0.05) is 19.8 Å². The Balaban J connectivity index is 1.90. The normalized spacial score (nSPS) is 38.3. The minimum atomic E-state index is -0.0654. The maximum atomic E-state index is 9.67. The largest absolute Gasteiger partial charge is 0.392 e. The molecule has 2 aliphatic rings. The zero-order valence-corrected chi connectivity index (χ0v) is 8.58. The second-order valence-electron chi connectivity index (χ2n) is 4.89. The molecule has 76 valence electrons. The lowest BCUT2D eigenvalue weighted by Gasteiger charge is -2.38. The Hall–Kier alpha value is -0.0800. The van der Waals surface area contributed by atoms with Crippen LogP contribution in [0.1, 0.15) is 39.0 Å². The van der Waals surface area contributed by atoms with E-state index in [0.29, 0.717) is 5.92 Å². The first-order valence-corrected chi connectivity index (χ1v) is 5.68. The Morgan fingerprint density at radius 3 is 2.46 bits per heavy atom. The van der Waals surface area contributed by atoms with E-state index in [1.807, 2.05) is 0 Å². The Morgan fingerprint density at radius 1 is 1.15 bits per heavy atom. The maximum absolute atomic E-state index is 9.67. The molecule has 13 heavy (non-hydrogen) atoms. The molecule has 1 saturated carbocycles. The Bertz CT molecular complexity index is 155. The topological polar surface area (TPSA) is 23.5 Å². The van der Waals surface area contributed by atoms with Crippen LogP contribution in [-0.4, -0.2) is 35.2 Å². The third kappa shape index (κ3) is 2.23. The average molecular weight is 183 g/mol. The van der Waals surface area contributed by atoms with Crippen LogP contribution in [0, 0.1) is 5.92 Å². The van der Waals surface area contributed by atoms with E-state index in [0.717, 1.165) is 19.0 Å². The number of aliphatic hydroxyl groups is 1. The lowest BCUT2D eigenvalue weighted by Crippen LogP contribution is -2.46. The van der Waals surface area contributed by atoms with Crippen molar-refractivity contribution in [3.8, 4) is 0 Å². The van der Waals surface area contributed by atoms with Crippen LogP contribution in [-0.2, 0) is 0 Å². The van der Waals surface area contributed by atoms with Crippen LogP contribution >= 0.6 is 0 Å². The number of aliphatic hydroxyl groups excluding tert-OH is 1. The third-order valence-corrected chi connectivity index (χ3v) is 3.51. The van der Waals surface area contributed by atoms with Gasteiger partial charge in [0.25, 0.3) is 0 Å². The van der Waals surface area contributed by atoms with Crippen molar-refractivity contribution in [1.82, 2.24) is 4.90 Å². The van der Waals surface area contributed by atoms with Crippen molar-refractivity contribution in [3.05, 3.63) is 0 Å². The van der Waals surface area contributed by atoms with Gasteiger partial charge < -0.3 is 5.11 Å². The van der Waals surface area contributed by atoms with Crippen molar-refractivity contribution in [2.24, 2.45) is 5.92 Å². The summed E-state index contributed by atoms with van der Waals surface area (Å²) in [7, 11) is 0. The molecular formula is C11H21NO. The molecule has 1 aliphatic heterocycles. The molecule has 0 radical (unpaired) electrons. The highest BCUT2D eigenvalue weighted by Gasteiger charge is 2.29. The van der Waals surface area contributed by atoms with Crippen molar-refractivity contribution in [1.29, 1.82) is 0 Å². The summed E-state index contributed by atoms with van der Waals surface area (Å²) in [5, 5.41) is 9.67. The Labute approximate surface area is 80.9 Å². The highest BCUT2D eigenvalue weighted by Crippen LogP contribution is 2.27. The number of rotatable bonds is 1. The minimum Gasteiger partial charge on any atom is -0.392 e. The summed E-state index contributed by atoms with van der Waals surface area (Å²) in [5.41, 5.74) is 0. The van der Waals surface area contributed by atoms with Gasteiger partial charge >= 0.3 is 0 Å². The van der Waals surface area contributed by atoms with E-state index in [1.54, 1.807) is 0 Å². The van der Waals surface area contributed by atoms with E-state index in [4.69, 9.17) is 0 Å². The molecule has 0 unspecified atom stereocenters. The van der Waals surface area contributed by atoms with Crippen LogP contribution < -0.4 is 0 Å². The molecule has 2 rings (SSSR count). The van der Waals surface area contributed by atoms with Crippen molar-refractivity contribution >= 4 is 0 Å². The van der Waals surface area contributed by atoms with E-state index in [9.17, 15) is 5.11 Å². The second-order valence-corrected chi connectivity index (χ2v) is 4.89. The second kappa shape index (κ2) is 3.97. The number of nitrogens with zero attached hydrogens (tertiary/aromatic N) is 1. The van der Waals surface area contributed by atoms with Crippen LogP contribution in [0.15, 0.2) is 0 Å². The van der Waals surface area contributed by atoms with Gasteiger partial charge in [-0.3, -0.25) is 4.90 Å². The lowest BCUT2D eigenvalue weighted by atomic mass is 9.96. The molecule has 2 fully saturated rings. The standard InChI is InChI=1S/C11H21NO/c1-9-6-11(13)8-12(7-9)10-4-2-3-5-10/h9-11,13H,2-8H2,1H3/t9-,11+/m1/s1. The Kier molecular flexibility index (Phi) is 2.89. The summed E-state index contributed by atoms with van der Waals surface area (Å²) >= 11 is 0. The molecule has 1 saturated heterocycles. The van der Waals surface area contributed by atoms with E-state index in [2.05, 4.69) is 11.8 Å². The summed E-state index contributed by atoms with van der Waals surface area (Å²) in [6.07, 6.45) is 6.45. The monoisotopic (exact) mass is 183 g/mol. The zero-order chi connectivity index (χ0) is 9.26. The highest BCUT2D eigenvalue weighted by molar-refractivity contribution is 4.84. The smallest absolute Gasteiger partial charge is 0.0670 e. The summed E-state index contributed by atoms with van der Waals surface area (Å²) < 4.78 is 0. The number of piperidine rings is 1. The fourth-order valence-electron chi connectivity index (χ4n) is 2.93. The van der Waals surface area contributed by atoms with Gasteiger partial charge in [-0.15, -0.1) is 0 Å². The van der Waals surface area contributed by atoms with Crippen molar-refractivity contribution in [2.75, 3.05) is 13.1 Å². The molecule has 0 aromatic heterocycles. The molecule has 0 aromatic carbocycles. The summed E-state index contributed by atoms with van der Waals surface area (Å²) in [6.45, 7) is 4.39. The molecule has 0 spiro atoms. The SMILES string of the molecule is C[C@@H]1C[C@H](O)CN(C2CCCC2)C1. The highest BCUT2D eigenvalue weighted by atomic mass is 16.3.